The van der Waals surface area contributed by atoms with Crippen LogP contribution in [0.3, 0.4) is 0 Å². The molecule has 2 saturated carbocycles. The normalized spacial score (nSPS) is 25.8. The van der Waals surface area contributed by atoms with Gasteiger partial charge in [-0.15, -0.1) is 0 Å². The van der Waals surface area contributed by atoms with Gasteiger partial charge in [0, 0.05) is 0 Å². The second-order valence-corrected chi connectivity index (χ2v) is 11.0. The summed E-state index contributed by atoms with van der Waals surface area (Å²) >= 11 is 0. The number of hydrogen-bond donors (Lipinski definition) is 0. The molecule has 0 N–H and O–H groups in total. The summed E-state index contributed by atoms with van der Waals surface area (Å²) in [5.74, 6) is 3.80. The molecule has 0 radical (unpaired) electrons. The SMILES string of the molecule is CCCCC[C@H]1CC[C@H]([C@H]2CC[C@H](c3ccc(-c4ccc(CCCF)cc4)cc3)CC2)CC1. The van der Waals surface area contributed by atoms with Gasteiger partial charge in [-0.3, -0.25) is 4.39 Å². The van der Waals surface area contributed by atoms with Crippen molar-refractivity contribution >= 4 is 0 Å². The van der Waals surface area contributed by atoms with Crippen molar-refractivity contribution in [2.45, 2.75) is 103 Å². The number of aryl methyl sites for hydroxylation is 1. The molecule has 0 nitrogen and oxygen atoms in total. The van der Waals surface area contributed by atoms with Gasteiger partial charge < -0.3 is 0 Å². The molecule has 0 amide bonds. The van der Waals surface area contributed by atoms with Crippen molar-refractivity contribution in [3.8, 4) is 11.1 Å². The minimum atomic E-state index is -0.231. The average molecular weight is 449 g/mol. The number of alkyl halides is 1. The fraction of sp³-hybridized carbons (Fsp3) is 0.625. The summed E-state index contributed by atoms with van der Waals surface area (Å²) in [5, 5.41) is 0. The summed E-state index contributed by atoms with van der Waals surface area (Å²) in [7, 11) is 0. The maximum Gasteiger partial charge on any atom is 0.0897 e. The van der Waals surface area contributed by atoms with Gasteiger partial charge in [-0.05, 0) is 97.3 Å². The number of benzene rings is 2. The van der Waals surface area contributed by atoms with Crippen molar-refractivity contribution in [1.29, 1.82) is 0 Å². The van der Waals surface area contributed by atoms with Gasteiger partial charge in [-0.2, -0.15) is 0 Å². The standard InChI is InChI=1S/C32H45F/c1-2-3-4-6-25-8-12-27(13-9-25)29-16-20-31(21-17-29)32-22-18-30(19-23-32)28-14-10-26(11-15-28)7-5-24-33/h10-11,14-15,18-19,22-23,25,27,29,31H,2-9,12-13,16-17,20-21,24H2,1H3/t25-,27-,29-,31-. The fourth-order valence-electron chi connectivity index (χ4n) is 6.64. The second kappa shape index (κ2) is 12.7. The van der Waals surface area contributed by atoms with Crippen molar-refractivity contribution in [2.75, 3.05) is 6.67 Å². The average Bonchev–Trinajstić information content (AvgIpc) is 2.89. The quantitative estimate of drug-likeness (QED) is 0.317. The number of unbranched alkanes of at least 4 members (excludes halogenated alkanes) is 2. The van der Waals surface area contributed by atoms with Crippen LogP contribution in [-0.4, -0.2) is 6.67 Å². The van der Waals surface area contributed by atoms with Crippen LogP contribution in [0.15, 0.2) is 48.5 Å². The van der Waals surface area contributed by atoms with Gasteiger partial charge in [-0.1, -0.05) is 94.0 Å². The molecular formula is C32H45F. The van der Waals surface area contributed by atoms with E-state index >= 15 is 0 Å². The van der Waals surface area contributed by atoms with Crippen LogP contribution in [0.25, 0.3) is 11.1 Å². The van der Waals surface area contributed by atoms with Gasteiger partial charge >= 0.3 is 0 Å². The summed E-state index contributed by atoms with van der Waals surface area (Å²) in [5.41, 5.74) is 5.32. The summed E-state index contributed by atoms with van der Waals surface area (Å²) < 4.78 is 12.4. The maximum absolute atomic E-state index is 12.4. The van der Waals surface area contributed by atoms with Crippen molar-refractivity contribution in [2.24, 2.45) is 17.8 Å². The Morgan fingerprint density at radius 3 is 1.82 bits per heavy atom. The molecular weight excluding hydrogens is 403 g/mol. The van der Waals surface area contributed by atoms with Gasteiger partial charge in [0.2, 0.25) is 0 Å². The first kappa shape index (κ1) is 24.5. The van der Waals surface area contributed by atoms with Gasteiger partial charge in [-0.25, -0.2) is 0 Å². The van der Waals surface area contributed by atoms with Gasteiger partial charge in [0.1, 0.15) is 0 Å². The van der Waals surface area contributed by atoms with E-state index in [1.807, 2.05) is 0 Å². The highest BCUT2D eigenvalue weighted by Crippen LogP contribution is 2.44. The number of hydrogen-bond acceptors (Lipinski definition) is 0. The zero-order chi connectivity index (χ0) is 22.9. The predicted molar refractivity (Wildman–Crippen MR) is 140 cm³/mol. The molecule has 2 fully saturated rings. The summed E-state index contributed by atoms with van der Waals surface area (Å²) in [6.07, 6.45) is 18.9. The molecule has 33 heavy (non-hydrogen) atoms. The van der Waals surface area contributed by atoms with Gasteiger partial charge in [0.25, 0.3) is 0 Å². The largest absolute Gasteiger partial charge is 0.251 e. The third-order valence-electron chi connectivity index (χ3n) is 8.81. The van der Waals surface area contributed by atoms with E-state index in [-0.39, 0.29) is 6.67 Å². The van der Waals surface area contributed by atoms with Crippen LogP contribution >= 0.6 is 0 Å². The Balaban J connectivity index is 1.23. The molecule has 2 aliphatic rings. The van der Waals surface area contributed by atoms with Crippen molar-refractivity contribution in [3.05, 3.63) is 59.7 Å². The first-order valence-corrected chi connectivity index (χ1v) is 14.0. The molecule has 0 unspecified atom stereocenters. The molecule has 0 bridgehead atoms. The maximum atomic E-state index is 12.4. The van der Waals surface area contributed by atoms with Crippen molar-refractivity contribution < 1.29 is 4.39 Å². The Bertz CT molecular complexity index is 789. The lowest BCUT2D eigenvalue weighted by Gasteiger charge is -2.38. The minimum Gasteiger partial charge on any atom is -0.251 e. The van der Waals surface area contributed by atoms with Crippen LogP contribution in [0.2, 0.25) is 0 Å². The minimum absolute atomic E-state index is 0.231. The van der Waals surface area contributed by atoms with E-state index in [1.165, 1.54) is 99.3 Å². The molecule has 0 saturated heterocycles. The number of rotatable bonds is 10. The highest BCUT2D eigenvalue weighted by Gasteiger charge is 2.31. The topological polar surface area (TPSA) is 0 Å². The van der Waals surface area contributed by atoms with Gasteiger partial charge in [0.15, 0.2) is 0 Å². The molecule has 0 heterocycles. The van der Waals surface area contributed by atoms with E-state index in [1.54, 1.807) is 0 Å². The first-order valence-electron chi connectivity index (χ1n) is 14.0. The highest BCUT2D eigenvalue weighted by atomic mass is 19.1. The highest BCUT2D eigenvalue weighted by molar-refractivity contribution is 5.64. The van der Waals surface area contributed by atoms with Crippen LogP contribution in [0.4, 0.5) is 4.39 Å². The predicted octanol–water partition coefficient (Wildman–Crippen LogP) is 9.92. The third-order valence-corrected chi connectivity index (χ3v) is 8.81. The fourth-order valence-corrected chi connectivity index (χ4v) is 6.64. The molecule has 180 valence electrons. The van der Waals surface area contributed by atoms with Crippen LogP contribution in [0.1, 0.15) is 107 Å². The van der Waals surface area contributed by atoms with E-state index in [2.05, 4.69) is 55.5 Å². The Morgan fingerprint density at radius 2 is 1.24 bits per heavy atom. The van der Waals surface area contributed by atoms with Crippen molar-refractivity contribution in [3.63, 3.8) is 0 Å². The van der Waals surface area contributed by atoms with E-state index in [4.69, 9.17) is 0 Å². The van der Waals surface area contributed by atoms with Crippen LogP contribution in [-0.2, 0) is 6.42 Å². The molecule has 1 heteroatoms. The van der Waals surface area contributed by atoms with E-state index in [0.29, 0.717) is 6.42 Å². The lowest BCUT2D eigenvalue weighted by molar-refractivity contribution is 0.155. The Hall–Kier alpha value is -1.63. The van der Waals surface area contributed by atoms with Crippen molar-refractivity contribution in [1.82, 2.24) is 0 Å². The van der Waals surface area contributed by atoms with E-state index < -0.39 is 0 Å². The molecule has 2 aromatic rings. The third kappa shape index (κ3) is 6.93. The second-order valence-electron chi connectivity index (χ2n) is 11.0. The molecule has 4 rings (SSSR count). The Kier molecular flexibility index (Phi) is 9.45. The number of halogens is 1. The summed E-state index contributed by atoms with van der Waals surface area (Å²) in [4.78, 5) is 0. The summed E-state index contributed by atoms with van der Waals surface area (Å²) in [6, 6.07) is 18.0. The lowest BCUT2D eigenvalue weighted by Crippen LogP contribution is -2.25. The first-order chi connectivity index (χ1) is 16.3. The Labute approximate surface area is 202 Å². The zero-order valence-corrected chi connectivity index (χ0v) is 20.9. The molecule has 0 aliphatic heterocycles. The van der Waals surface area contributed by atoms with Crippen LogP contribution in [0, 0.1) is 17.8 Å². The van der Waals surface area contributed by atoms with Crippen LogP contribution < -0.4 is 0 Å². The van der Waals surface area contributed by atoms with E-state index in [0.717, 1.165) is 30.1 Å². The molecule has 0 aromatic heterocycles. The monoisotopic (exact) mass is 448 g/mol. The van der Waals surface area contributed by atoms with E-state index in [9.17, 15) is 4.39 Å². The molecule has 0 spiro atoms. The van der Waals surface area contributed by atoms with Gasteiger partial charge in [0.05, 0.1) is 6.67 Å². The molecule has 0 atom stereocenters. The van der Waals surface area contributed by atoms with Crippen LogP contribution in [0.5, 0.6) is 0 Å². The smallest absolute Gasteiger partial charge is 0.0897 e. The zero-order valence-electron chi connectivity index (χ0n) is 20.9. The molecule has 2 aliphatic carbocycles. The Morgan fingerprint density at radius 1 is 0.667 bits per heavy atom. The lowest BCUT2D eigenvalue weighted by atomic mass is 9.68. The summed E-state index contributed by atoms with van der Waals surface area (Å²) in [6.45, 7) is 2.09. The molecule has 2 aromatic carbocycles.